The monoisotopic (exact) mass is 332 g/mol. The van der Waals surface area contributed by atoms with Crippen LogP contribution in [0.4, 0.5) is 0 Å². The highest BCUT2D eigenvalue weighted by Gasteiger charge is 2.58. The van der Waals surface area contributed by atoms with Crippen molar-refractivity contribution in [3.8, 4) is 0 Å². The predicted molar refractivity (Wildman–Crippen MR) is 72.8 cm³/mol. The molecule has 0 atom stereocenters. The largest absolute Gasteiger partial charge is 0.369 e. The molecule has 0 amide bonds. The Labute approximate surface area is 118 Å². The molecule has 0 aliphatic carbocycles. The van der Waals surface area contributed by atoms with Crippen molar-refractivity contribution >= 4 is 15.2 Å². The Balaban J connectivity index is 2.71. The summed E-state index contributed by atoms with van der Waals surface area (Å²) in [6, 6.07) is 0. The summed E-state index contributed by atoms with van der Waals surface area (Å²) in [6.07, 6.45) is 1.21. The molecule has 20 heavy (non-hydrogen) atoms. The molecule has 1 aliphatic rings. The number of rotatable bonds is 5. The summed E-state index contributed by atoms with van der Waals surface area (Å²) < 4.78 is 23.3. The second-order valence-electron chi connectivity index (χ2n) is 6.23. The molecule has 0 saturated carbocycles. The van der Waals surface area contributed by atoms with E-state index in [1.807, 2.05) is 0 Å². The number of nitrogens with zero attached hydrogens (tertiary/aromatic N) is 1. The molecule has 8 nitrogen and oxygen atoms in total. The highest BCUT2D eigenvalue weighted by Crippen LogP contribution is 2.69. The van der Waals surface area contributed by atoms with E-state index >= 15 is 0 Å². The van der Waals surface area contributed by atoms with Crippen LogP contribution in [-0.4, -0.2) is 61.4 Å². The van der Waals surface area contributed by atoms with E-state index in [1.54, 1.807) is 0 Å². The lowest BCUT2D eigenvalue weighted by molar-refractivity contribution is -0.896. The number of quaternary nitrogens is 1. The van der Waals surface area contributed by atoms with Crippen molar-refractivity contribution in [3.05, 3.63) is 0 Å². The van der Waals surface area contributed by atoms with Gasteiger partial charge in [-0.3, -0.25) is 9.13 Å². The van der Waals surface area contributed by atoms with E-state index < -0.39 is 26.7 Å². The molecule has 5 N–H and O–H groups in total. The van der Waals surface area contributed by atoms with E-state index in [2.05, 4.69) is 14.1 Å². The first kappa shape index (κ1) is 18.3. The van der Waals surface area contributed by atoms with Crippen LogP contribution in [0.1, 0.15) is 25.7 Å². The lowest BCUT2D eigenvalue weighted by Crippen LogP contribution is -2.46. The fourth-order valence-corrected chi connectivity index (χ4v) is 4.67. The Bertz CT molecular complexity index is 409. The third kappa shape index (κ3) is 4.12. The zero-order chi connectivity index (χ0) is 15.8. The lowest BCUT2D eigenvalue weighted by atomic mass is 9.91. The van der Waals surface area contributed by atoms with Gasteiger partial charge in [-0.15, -0.1) is 0 Å². The van der Waals surface area contributed by atoms with Crippen molar-refractivity contribution < 1.29 is 38.3 Å². The van der Waals surface area contributed by atoms with Crippen molar-refractivity contribution in [2.75, 3.05) is 27.2 Å². The van der Waals surface area contributed by atoms with Crippen molar-refractivity contribution in [1.82, 2.24) is 0 Å². The maximum atomic E-state index is 11.2. The number of likely N-dealkylation sites (tertiary alicyclic amines) is 1. The van der Waals surface area contributed by atoms with E-state index in [4.69, 9.17) is 19.6 Å². The molecular formula is C10H24NO7P2+. The highest BCUT2D eigenvalue weighted by atomic mass is 31.2. The summed E-state index contributed by atoms with van der Waals surface area (Å²) in [7, 11) is -6.47. The van der Waals surface area contributed by atoms with E-state index in [0.717, 1.165) is 30.4 Å². The third-order valence-corrected chi connectivity index (χ3v) is 7.98. The minimum atomic E-state index is -5.31. The van der Waals surface area contributed by atoms with Crippen LogP contribution < -0.4 is 0 Å². The van der Waals surface area contributed by atoms with Gasteiger partial charge < -0.3 is 29.2 Å². The van der Waals surface area contributed by atoms with Crippen LogP contribution in [0, 0.1) is 5.92 Å². The first-order valence-electron chi connectivity index (χ1n) is 6.44. The van der Waals surface area contributed by atoms with Gasteiger partial charge in [-0.2, -0.15) is 0 Å². The van der Waals surface area contributed by atoms with Crippen LogP contribution >= 0.6 is 15.2 Å². The zero-order valence-electron chi connectivity index (χ0n) is 11.7. The second kappa shape index (κ2) is 5.78. The van der Waals surface area contributed by atoms with Crippen molar-refractivity contribution in [1.29, 1.82) is 0 Å². The molecule has 120 valence electrons. The number of hydrogen-bond acceptors (Lipinski definition) is 3. The Kier molecular flexibility index (Phi) is 5.28. The average molecular weight is 332 g/mol. The van der Waals surface area contributed by atoms with Gasteiger partial charge in [-0.1, -0.05) is 0 Å². The summed E-state index contributed by atoms with van der Waals surface area (Å²) >= 11 is 0. The van der Waals surface area contributed by atoms with Crippen LogP contribution in [0.3, 0.4) is 0 Å². The molecule has 0 radical (unpaired) electrons. The summed E-state index contributed by atoms with van der Waals surface area (Å²) in [6.45, 7) is 1.80. The summed E-state index contributed by atoms with van der Waals surface area (Å²) in [5.74, 6) is 0.116. The van der Waals surface area contributed by atoms with Crippen LogP contribution in [-0.2, 0) is 9.13 Å². The second-order valence-corrected chi connectivity index (χ2v) is 10.2. The number of hydrogen-bond donors (Lipinski definition) is 5. The average Bonchev–Trinajstić information content (AvgIpc) is 2.24. The van der Waals surface area contributed by atoms with Gasteiger partial charge in [-0.05, 0) is 25.2 Å². The summed E-state index contributed by atoms with van der Waals surface area (Å²) in [5, 5.41) is 6.53. The van der Waals surface area contributed by atoms with Crippen LogP contribution in [0.15, 0.2) is 0 Å². The van der Waals surface area contributed by atoms with Gasteiger partial charge in [0.2, 0.25) is 0 Å². The smallest absolute Gasteiger partial charge is 0.368 e. The van der Waals surface area contributed by atoms with Gasteiger partial charge in [0.05, 0.1) is 27.2 Å². The normalized spacial score (nSPS) is 21.9. The molecule has 0 aromatic carbocycles. The number of aliphatic hydroxyl groups is 1. The van der Waals surface area contributed by atoms with Crippen LogP contribution in [0.5, 0.6) is 0 Å². The summed E-state index contributed by atoms with van der Waals surface area (Å²) in [5.41, 5.74) is 0. The Morgan fingerprint density at radius 1 is 1.05 bits per heavy atom. The predicted octanol–water partition coefficient (Wildman–Crippen LogP) is 0.254. The maximum Gasteiger partial charge on any atom is 0.369 e. The topological polar surface area (TPSA) is 135 Å². The molecule has 1 fully saturated rings. The molecule has 1 rings (SSSR count). The van der Waals surface area contributed by atoms with Gasteiger partial charge in [0, 0.05) is 6.42 Å². The minimum Gasteiger partial charge on any atom is -0.368 e. The van der Waals surface area contributed by atoms with Gasteiger partial charge in [-0.25, -0.2) is 0 Å². The third-order valence-electron chi connectivity index (χ3n) is 4.11. The SMILES string of the molecule is C[N+]1(C)CCC(CCC(O)(P(=O)(O)O)P(=O)(O)O)CC1. The van der Waals surface area contributed by atoms with Gasteiger partial charge >= 0.3 is 15.2 Å². The molecule has 0 aromatic rings. The highest BCUT2D eigenvalue weighted by molar-refractivity contribution is 7.72. The van der Waals surface area contributed by atoms with Gasteiger partial charge in [0.25, 0.3) is 5.08 Å². The Hall–Kier alpha value is 0.220. The molecule has 0 bridgehead atoms. The molecule has 0 unspecified atom stereocenters. The van der Waals surface area contributed by atoms with Crippen molar-refractivity contribution in [2.45, 2.75) is 30.8 Å². The first-order valence-corrected chi connectivity index (χ1v) is 9.67. The van der Waals surface area contributed by atoms with Gasteiger partial charge in [0.15, 0.2) is 0 Å². The molecule has 1 aliphatic heterocycles. The van der Waals surface area contributed by atoms with Crippen LogP contribution in [0.25, 0.3) is 0 Å². The molecule has 0 spiro atoms. The van der Waals surface area contributed by atoms with Crippen molar-refractivity contribution in [2.24, 2.45) is 5.92 Å². The van der Waals surface area contributed by atoms with E-state index in [9.17, 15) is 14.2 Å². The van der Waals surface area contributed by atoms with E-state index in [-0.39, 0.29) is 12.3 Å². The molecule has 0 aromatic heterocycles. The first-order chi connectivity index (χ1) is 8.79. The quantitative estimate of drug-likeness (QED) is 0.360. The van der Waals surface area contributed by atoms with E-state index in [1.165, 1.54) is 0 Å². The molecule has 10 heteroatoms. The Morgan fingerprint density at radius 3 is 1.80 bits per heavy atom. The number of piperidine rings is 1. The van der Waals surface area contributed by atoms with Crippen LogP contribution in [0.2, 0.25) is 0 Å². The lowest BCUT2D eigenvalue weighted by Gasteiger charge is -2.38. The summed E-state index contributed by atoms with van der Waals surface area (Å²) in [4.78, 5) is 36.2. The van der Waals surface area contributed by atoms with Gasteiger partial charge in [0.1, 0.15) is 0 Å². The fourth-order valence-electron chi connectivity index (χ4n) is 2.47. The molecule has 1 saturated heterocycles. The zero-order valence-corrected chi connectivity index (χ0v) is 13.5. The molecule has 1 heterocycles. The fraction of sp³-hybridized carbons (Fsp3) is 1.00. The van der Waals surface area contributed by atoms with E-state index in [0.29, 0.717) is 0 Å². The Morgan fingerprint density at radius 2 is 1.45 bits per heavy atom. The standard InChI is InChI=1S/C10H23NO7P2/c1-11(2)7-4-9(5-8-11)3-6-10(12,19(13,14)15)20(16,17)18/h9,12H,3-8H2,1-2H3,(H3-,13,14,15,16,17,18)/p+1. The molecular weight excluding hydrogens is 308 g/mol. The minimum absolute atomic E-state index is 0.116. The van der Waals surface area contributed by atoms with Crippen molar-refractivity contribution in [3.63, 3.8) is 0 Å². The maximum absolute atomic E-state index is 11.2.